The zero-order chi connectivity index (χ0) is 6.27. The lowest BCUT2D eigenvalue weighted by molar-refractivity contribution is 0.227. The molecule has 3 atom stereocenters. The molecule has 1 heterocycles. The normalized spacial score (nSPS) is 43.5. The summed E-state index contributed by atoms with van der Waals surface area (Å²) in [6.07, 6.45) is 2.47. The molecular weight excluding hydrogens is 150 g/mol. The molecule has 2 nitrogen and oxygen atoms in total. The molecular formula is C7H14ClNO. The minimum Gasteiger partial charge on any atom is -0.396 e. The van der Waals surface area contributed by atoms with Gasteiger partial charge in [-0.1, -0.05) is 0 Å². The topological polar surface area (TPSA) is 32.3 Å². The molecule has 1 aliphatic carbocycles. The van der Waals surface area contributed by atoms with Gasteiger partial charge >= 0.3 is 0 Å². The van der Waals surface area contributed by atoms with E-state index in [2.05, 4.69) is 5.32 Å². The summed E-state index contributed by atoms with van der Waals surface area (Å²) in [5.74, 6) is 1.51. The van der Waals surface area contributed by atoms with Crippen LogP contribution in [0.4, 0.5) is 0 Å². The van der Waals surface area contributed by atoms with E-state index in [9.17, 15) is 0 Å². The van der Waals surface area contributed by atoms with Crippen molar-refractivity contribution in [1.82, 2.24) is 5.32 Å². The van der Waals surface area contributed by atoms with E-state index in [1.165, 1.54) is 19.4 Å². The van der Waals surface area contributed by atoms with Crippen molar-refractivity contribution in [1.29, 1.82) is 0 Å². The highest BCUT2D eigenvalue weighted by molar-refractivity contribution is 5.85. The smallest absolute Gasteiger partial charge is 0.0459 e. The summed E-state index contributed by atoms with van der Waals surface area (Å²) in [6.45, 7) is 1.59. The van der Waals surface area contributed by atoms with Crippen molar-refractivity contribution in [3.05, 3.63) is 0 Å². The summed E-state index contributed by atoms with van der Waals surface area (Å²) in [4.78, 5) is 0. The number of aliphatic hydroxyl groups is 1. The number of hydrogen-bond donors (Lipinski definition) is 2. The van der Waals surface area contributed by atoms with Crippen LogP contribution in [0.15, 0.2) is 0 Å². The molecule has 60 valence electrons. The maximum atomic E-state index is 8.80. The second-order valence-corrected chi connectivity index (χ2v) is 3.29. The fourth-order valence-corrected chi connectivity index (χ4v) is 2.01. The quantitative estimate of drug-likeness (QED) is 0.587. The number of nitrogens with one attached hydrogen (secondary N) is 1. The molecule has 0 amide bonds. The Hall–Kier alpha value is 0.210. The summed E-state index contributed by atoms with van der Waals surface area (Å²) >= 11 is 0. The monoisotopic (exact) mass is 163 g/mol. The molecule has 3 heteroatoms. The van der Waals surface area contributed by atoms with Gasteiger partial charge in [0.2, 0.25) is 0 Å². The van der Waals surface area contributed by atoms with Gasteiger partial charge < -0.3 is 10.4 Å². The Morgan fingerprint density at radius 1 is 1.40 bits per heavy atom. The number of fused-ring (bicyclic) bond motifs is 1. The van der Waals surface area contributed by atoms with E-state index in [1.807, 2.05) is 0 Å². The molecule has 2 fully saturated rings. The van der Waals surface area contributed by atoms with Crippen molar-refractivity contribution in [3.8, 4) is 0 Å². The lowest BCUT2D eigenvalue weighted by atomic mass is 9.96. The van der Waals surface area contributed by atoms with Crippen LogP contribution >= 0.6 is 12.4 Å². The first-order valence-electron chi connectivity index (χ1n) is 3.74. The number of rotatable bonds is 1. The Morgan fingerprint density at radius 3 is 2.50 bits per heavy atom. The number of aliphatic hydroxyl groups excluding tert-OH is 1. The largest absolute Gasteiger partial charge is 0.396 e. The molecule has 0 unspecified atom stereocenters. The van der Waals surface area contributed by atoms with Crippen LogP contribution in [0.3, 0.4) is 0 Å². The molecule has 1 saturated carbocycles. The van der Waals surface area contributed by atoms with Crippen LogP contribution in [0.25, 0.3) is 0 Å². The van der Waals surface area contributed by atoms with E-state index in [0.29, 0.717) is 12.5 Å². The van der Waals surface area contributed by atoms with Crippen LogP contribution in [0, 0.1) is 11.8 Å². The molecule has 0 aromatic carbocycles. The van der Waals surface area contributed by atoms with Crippen molar-refractivity contribution in [2.24, 2.45) is 11.8 Å². The fourth-order valence-electron chi connectivity index (χ4n) is 2.01. The van der Waals surface area contributed by atoms with Crippen molar-refractivity contribution in [2.45, 2.75) is 18.9 Å². The van der Waals surface area contributed by atoms with Crippen molar-refractivity contribution in [3.63, 3.8) is 0 Å². The summed E-state index contributed by atoms with van der Waals surface area (Å²) in [7, 11) is 0. The van der Waals surface area contributed by atoms with Crippen LogP contribution in [0.2, 0.25) is 0 Å². The number of halogens is 1. The Morgan fingerprint density at radius 2 is 2.20 bits per heavy atom. The number of hydrogen-bond acceptors (Lipinski definition) is 2. The summed E-state index contributed by atoms with van der Waals surface area (Å²) < 4.78 is 0. The lowest BCUT2D eigenvalue weighted by Crippen LogP contribution is -2.49. The average Bonchev–Trinajstić information content (AvgIpc) is 2.10. The second kappa shape index (κ2) is 3.07. The second-order valence-electron chi connectivity index (χ2n) is 3.29. The van der Waals surface area contributed by atoms with Crippen LogP contribution in [-0.2, 0) is 0 Å². The molecule has 1 aliphatic heterocycles. The molecule has 0 aromatic rings. The predicted octanol–water partition coefficient (Wildman–Crippen LogP) is 0.398. The zero-order valence-electron chi connectivity index (χ0n) is 5.92. The van der Waals surface area contributed by atoms with Crippen LogP contribution in [-0.4, -0.2) is 24.3 Å². The molecule has 0 bridgehead atoms. The third kappa shape index (κ3) is 1.16. The van der Waals surface area contributed by atoms with Crippen LogP contribution < -0.4 is 5.32 Å². The van der Waals surface area contributed by atoms with E-state index in [4.69, 9.17) is 5.11 Å². The zero-order valence-corrected chi connectivity index (χ0v) is 6.73. The van der Waals surface area contributed by atoms with Gasteiger partial charge in [0.15, 0.2) is 0 Å². The van der Waals surface area contributed by atoms with Gasteiger partial charge in [0, 0.05) is 12.6 Å². The van der Waals surface area contributed by atoms with Gasteiger partial charge in [-0.2, -0.15) is 0 Å². The summed E-state index contributed by atoms with van der Waals surface area (Å²) in [5.41, 5.74) is 0. The fraction of sp³-hybridized carbons (Fsp3) is 1.00. The highest BCUT2D eigenvalue weighted by Gasteiger charge is 2.39. The van der Waals surface area contributed by atoms with E-state index >= 15 is 0 Å². The van der Waals surface area contributed by atoms with E-state index in [0.717, 1.165) is 12.0 Å². The maximum Gasteiger partial charge on any atom is 0.0459 e. The Bertz CT molecular complexity index is 108. The minimum absolute atomic E-state index is 0. The first kappa shape index (κ1) is 8.31. The lowest BCUT2D eigenvalue weighted by Gasteiger charge is -2.31. The predicted molar refractivity (Wildman–Crippen MR) is 42.3 cm³/mol. The molecule has 2 N–H and O–H groups in total. The first-order chi connectivity index (χ1) is 4.40. The Labute approximate surface area is 67.4 Å². The van der Waals surface area contributed by atoms with Crippen molar-refractivity contribution < 1.29 is 5.11 Å². The average molecular weight is 164 g/mol. The summed E-state index contributed by atoms with van der Waals surface area (Å²) in [6, 6.07) is 0.766. The third-order valence-corrected chi connectivity index (χ3v) is 2.69. The molecule has 1 saturated heterocycles. The van der Waals surface area contributed by atoms with Crippen molar-refractivity contribution >= 4 is 12.4 Å². The van der Waals surface area contributed by atoms with E-state index < -0.39 is 0 Å². The van der Waals surface area contributed by atoms with Crippen LogP contribution in [0.5, 0.6) is 0 Å². The van der Waals surface area contributed by atoms with Gasteiger partial charge in [-0.05, 0) is 31.2 Å². The highest BCUT2D eigenvalue weighted by Crippen LogP contribution is 2.35. The molecule has 2 aliphatic rings. The van der Waals surface area contributed by atoms with E-state index in [1.54, 1.807) is 0 Å². The Balaban J connectivity index is 0.000000500. The molecule has 2 rings (SSSR count). The first-order valence-corrected chi connectivity index (χ1v) is 3.74. The van der Waals surface area contributed by atoms with E-state index in [-0.39, 0.29) is 12.4 Å². The van der Waals surface area contributed by atoms with Gasteiger partial charge in [-0.3, -0.25) is 0 Å². The third-order valence-electron chi connectivity index (χ3n) is 2.69. The van der Waals surface area contributed by atoms with Gasteiger partial charge in [0.1, 0.15) is 0 Å². The highest BCUT2D eigenvalue weighted by atomic mass is 35.5. The SMILES string of the molecule is Cl.OC[C@H]1C[C@@H]2CN[C@@H]2C1. The van der Waals surface area contributed by atoms with Gasteiger partial charge in [-0.15, -0.1) is 12.4 Å². The maximum absolute atomic E-state index is 8.80. The molecule has 0 aromatic heterocycles. The molecule has 10 heavy (non-hydrogen) atoms. The van der Waals surface area contributed by atoms with Crippen molar-refractivity contribution in [2.75, 3.05) is 13.2 Å². The Kier molecular flexibility index (Phi) is 2.55. The van der Waals surface area contributed by atoms with Gasteiger partial charge in [-0.25, -0.2) is 0 Å². The summed E-state index contributed by atoms with van der Waals surface area (Å²) in [5, 5.41) is 12.2. The standard InChI is InChI=1S/C7H13NO.ClH/c9-4-5-1-6-3-8-7(6)2-5;/h5-9H,1-4H2;1H/t5-,6+,7+;/m0./s1. The van der Waals surface area contributed by atoms with Crippen LogP contribution in [0.1, 0.15) is 12.8 Å². The molecule has 0 spiro atoms. The van der Waals surface area contributed by atoms with Gasteiger partial charge in [0.05, 0.1) is 0 Å². The minimum atomic E-state index is 0. The molecule has 0 radical (unpaired) electrons. The van der Waals surface area contributed by atoms with Gasteiger partial charge in [0.25, 0.3) is 0 Å².